The van der Waals surface area contributed by atoms with Crippen LogP contribution in [0.25, 0.3) is 0 Å². The van der Waals surface area contributed by atoms with E-state index in [1.54, 1.807) is 36.2 Å². The predicted molar refractivity (Wildman–Crippen MR) is 142 cm³/mol. The van der Waals surface area contributed by atoms with Crippen LogP contribution in [0.3, 0.4) is 0 Å². The summed E-state index contributed by atoms with van der Waals surface area (Å²) >= 11 is 0. The lowest BCUT2D eigenvalue weighted by Crippen LogP contribution is -2.47. The van der Waals surface area contributed by atoms with E-state index in [9.17, 15) is 27.7 Å². The maximum absolute atomic E-state index is 12.4. The molecule has 3 rings (SSSR count). The summed E-state index contributed by atoms with van der Waals surface area (Å²) < 4.78 is 35.2. The van der Waals surface area contributed by atoms with Crippen molar-refractivity contribution in [1.29, 1.82) is 0 Å². The average molecular weight is 535 g/mol. The number of aliphatic hydroxyl groups is 1. The van der Waals surface area contributed by atoms with Crippen molar-refractivity contribution >= 4 is 33.3 Å². The van der Waals surface area contributed by atoms with Gasteiger partial charge in [0.1, 0.15) is 10.1 Å². The highest BCUT2D eigenvalue weighted by Crippen LogP contribution is 2.28. The number of nitrogens with one attached hydrogen (secondary N) is 2. The summed E-state index contributed by atoms with van der Waals surface area (Å²) in [6.45, 7) is 15.9. The third-order valence-electron chi connectivity index (χ3n) is 7.16. The number of hydrogen-bond acceptors (Lipinski definition) is 7. The molecule has 3 N–H and O–H groups in total. The Labute approximate surface area is 219 Å². The Morgan fingerprint density at radius 1 is 1.05 bits per heavy atom. The van der Waals surface area contributed by atoms with Crippen LogP contribution in [0.1, 0.15) is 45.0 Å². The number of carbonyl (C=O) groups excluding carboxylic acids is 2. The Morgan fingerprint density at radius 3 is 2.03 bits per heavy atom. The number of rotatable bonds is 9. The molecule has 2 aromatic rings. The number of anilines is 2. The molecule has 0 aliphatic carbocycles. The fraction of sp³-hybridized carbons (Fsp3) is 0.462. The van der Waals surface area contributed by atoms with Crippen molar-refractivity contribution in [3.8, 4) is 0 Å². The van der Waals surface area contributed by atoms with Crippen molar-refractivity contribution in [3.63, 3.8) is 0 Å². The molecule has 2 aromatic carbocycles. The van der Waals surface area contributed by atoms with Gasteiger partial charge in [0, 0.05) is 5.69 Å². The van der Waals surface area contributed by atoms with Crippen molar-refractivity contribution in [3.05, 3.63) is 54.1 Å². The Balaban J connectivity index is 0.000000458. The average Bonchev–Trinajstić information content (AvgIpc) is 3.20. The van der Waals surface area contributed by atoms with E-state index >= 15 is 0 Å². The molecular formula is C26H38N4O6S. The smallest absolute Gasteiger partial charge is 0.256 e. The summed E-state index contributed by atoms with van der Waals surface area (Å²) in [6.07, 6.45) is 0. The highest BCUT2D eigenvalue weighted by atomic mass is 32.2. The monoisotopic (exact) mass is 534 g/mol. The van der Waals surface area contributed by atoms with E-state index in [4.69, 9.17) is 0 Å². The van der Waals surface area contributed by atoms with Crippen LogP contribution in [0.5, 0.6) is 0 Å². The van der Waals surface area contributed by atoms with Crippen LogP contribution in [0.4, 0.5) is 11.4 Å². The molecule has 11 heteroatoms. The zero-order valence-corrected chi connectivity index (χ0v) is 23.0. The minimum Gasteiger partial charge on any atom is -0.744 e. The molecule has 1 aliphatic rings. The molecular weight excluding hydrogens is 496 g/mol. The van der Waals surface area contributed by atoms with E-state index in [0.29, 0.717) is 11.4 Å². The molecule has 0 radical (unpaired) electrons. The molecule has 1 aliphatic heterocycles. The van der Waals surface area contributed by atoms with Gasteiger partial charge in [0.2, 0.25) is 5.91 Å². The number of hydrogen-bond donors (Lipinski definition) is 3. The van der Waals surface area contributed by atoms with Crippen LogP contribution in [-0.4, -0.2) is 73.7 Å². The SMILES string of the molecule is CC1(CO)CN(c2ccc(NC(=O)c3ccccc3S(=O)(=O)[O-])cc2)NC1=O.CC[N+](CC)(CC)CC. The first-order chi connectivity index (χ1) is 17.4. The summed E-state index contributed by atoms with van der Waals surface area (Å²) in [6, 6.07) is 11.6. The second-order valence-electron chi connectivity index (χ2n) is 9.30. The van der Waals surface area contributed by atoms with E-state index in [1.165, 1.54) is 48.9 Å². The van der Waals surface area contributed by atoms with E-state index < -0.39 is 26.3 Å². The van der Waals surface area contributed by atoms with Gasteiger partial charge in [0.15, 0.2) is 0 Å². The van der Waals surface area contributed by atoms with Crippen molar-refractivity contribution in [1.82, 2.24) is 5.43 Å². The van der Waals surface area contributed by atoms with E-state index in [1.807, 2.05) is 0 Å². The molecule has 2 amide bonds. The minimum atomic E-state index is -4.79. The second kappa shape index (κ2) is 12.5. The maximum Gasteiger partial charge on any atom is 0.256 e. The van der Waals surface area contributed by atoms with Gasteiger partial charge in [-0.1, -0.05) is 12.1 Å². The van der Waals surface area contributed by atoms with Gasteiger partial charge < -0.3 is 19.5 Å². The van der Waals surface area contributed by atoms with E-state index in [2.05, 4.69) is 38.4 Å². The summed E-state index contributed by atoms with van der Waals surface area (Å²) in [5, 5.41) is 13.5. The van der Waals surface area contributed by atoms with Crippen LogP contribution < -0.4 is 15.8 Å². The Kier molecular flexibility index (Phi) is 10.2. The van der Waals surface area contributed by atoms with Gasteiger partial charge in [0.25, 0.3) is 5.91 Å². The fourth-order valence-corrected chi connectivity index (χ4v) is 4.81. The van der Waals surface area contributed by atoms with Crippen LogP contribution in [0.15, 0.2) is 53.4 Å². The number of carbonyl (C=O) groups is 2. The zero-order valence-electron chi connectivity index (χ0n) is 22.2. The van der Waals surface area contributed by atoms with Crippen molar-refractivity contribution in [2.45, 2.75) is 39.5 Å². The van der Waals surface area contributed by atoms with Gasteiger partial charge >= 0.3 is 0 Å². The summed E-state index contributed by atoms with van der Waals surface area (Å²) in [4.78, 5) is 23.7. The number of hydrazine groups is 1. The lowest BCUT2D eigenvalue weighted by atomic mass is 9.92. The van der Waals surface area contributed by atoms with E-state index in [0.717, 1.165) is 6.07 Å². The summed E-state index contributed by atoms with van der Waals surface area (Å²) in [5.41, 5.74) is 2.54. The Bertz CT molecular complexity index is 1160. The zero-order chi connectivity index (χ0) is 27.9. The topological polar surface area (TPSA) is 139 Å². The van der Waals surface area contributed by atoms with Gasteiger partial charge in [-0.3, -0.25) is 20.0 Å². The second-order valence-corrected chi connectivity index (χ2v) is 10.7. The Morgan fingerprint density at radius 2 is 1.59 bits per heavy atom. The number of aliphatic hydroxyl groups excluding tert-OH is 1. The summed E-state index contributed by atoms with van der Waals surface area (Å²) in [7, 11) is -4.79. The normalized spacial score (nSPS) is 17.6. The van der Waals surface area contributed by atoms with Gasteiger partial charge in [-0.25, -0.2) is 8.42 Å². The first-order valence-corrected chi connectivity index (χ1v) is 13.8. The van der Waals surface area contributed by atoms with Gasteiger partial charge in [-0.2, -0.15) is 0 Å². The number of quaternary nitrogens is 1. The van der Waals surface area contributed by atoms with E-state index in [-0.39, 0.29) is 24.6 Å². The molecule has 10 nitrogen and oxygen atoms in total. The quantitative estimate of drug-likeness (QED) is 0.332. The van der Waals surface area contributed by atoms with Gasteiger partial charge in [-0.15, -0.1) is 0 Å². The molecule has 1 atom stereocenters. The molecule has 1 saturated heterocycles. The van der Waals surface area contributed by atoms with Crippen molar-refractivity contribution in [2.75, 3.05) is 49.7 Å². The lowest BCUT2D eigenvalue weighted by molar-refractivity contribution is -0.921. The molecule has 0 bridgehead atoms. The van der Waals surface area contributed by atoms with Gasteiger partial charge in [0.05, 0.1) is 60.9 Å². The number of nitrogens with zero attached hydrogens (tertiary/aromatic N) is 2. The third-order valence-corrected chi connectivity index (χ3v) is 8.06. The van der Waals surface area contributed by atoms with Crippen LogP contribution in [-0.2, 0) is 14.9 Å². The van der Waals surface area contributed by atoms with Crippen LogP contribution >= 0.6 is 0 Å². The molecule has 1 fully saturated rings. The van der Waals surface area contributed by atoms with Crippen molar-refractivity contribution < 1.29 is 32.1 Å². The fourth-order valence-electron chi connectivity index (χ4n) is 4.13. The molecule has 1 heterocycles. The first kappa shape index (κ1) is 30.2. The molecule has 37 heavy (non-hydrogen) atoms. The number of benzene rings is 2. The van der Waals surface area contributed by atoms with Crippen molar-refractivity contribution in [2.24, 2.45) is 5.41 Å². The third kappa shape index (κ3) is 7.29. The predicted octanol–water partition coefficient (Wildman–Crippen LogP) is 2.58. The molecule has 0 spiro atoms. The highest BCUT2D eigenvalue weighted by Gasteiger charge is 2.41. The summed E-state index contributed by atoms with van der Waals surface area (Å²) in [5.74, 6) is -1.02. The largest absolute Gasteiger partial charge is 0.744 e. The molecule has 0 saturated carbocycles. The van der Waals surface area contributed by atoms with Crippen LogP contribution in [0.2, 0.25) is 0 Å². The molecule has 0 aromatic heterocycles. The lowest BCUT2D eigenvalue weighted by Gasteiger charge is -2.34. The maximum atomic E-state index is 12.4. The number of amides is 2. The molecule has 204 valence electrons. The standard InChI is InChI=1S/C18H19N3O6S.C8H20N/c1-18(11-22)10-21(20-17(18)24)13-8-6-12(7-9-13)19-16(23)14-4-2-3-5-15(14)28(25,26)27;1-5-9(6-2,7-3)8-4/h2-9,22H,10-11H2,1H3,(H,19,23)(H,20,24)(H,25,26,27);5-8H2,1-4H3/q;+1/p-1. The Hall–Kier alpha value is -2.99. The molecule has 1 unspecified atom stereocenters. The highest BCUT2D eigenvalue weighted by molar-refractivity contribution is 7.85. The van der Waals surface area contributed by atoms with Crippen LogP contribution in [0, 0.1) is 5.41 Å². The first-order valence-electron chi connectivity index (χ1n) is 12.4. The van der Waals surface area contributed by atoms with Gasteiger partial charge in [-0.05, 0) is 71.0 Å². The minimum absolute atomic E-state index is 0.243.